The molecule has 13 heavy (non-hydrogen) atoms. The van der Waals surface area contributed by atoms with E-state index < -0.39 is 0 Å². The van der Waals surface area contributed by atoms with Crippen LogP contribution in [0.1, 0.15) is 20.8 Å². The summed E-state index contributed by atoms with van der Waals surface area (Å²) in [6.07, 6.45) is 2.12. The second-order valence-corrected chi connectivity index (χ2v) is 3.87. The number of halogens is 2. The number of rotatable bonds is 0. The predicted octanol–water partition coefficient (Wildman–Crippen LogP) is -4.37. The first-order valence-corrected chi connectivity index (χ1v) is 3.86. The molecular weight excluding hydrogens is 283 g/mol. The molecule has 0 fully saturated rings. The summed E-state index contributed by atoms with van der Waals surface area (Å²) in [7, 11) is 0. The Morgan fingerprint density at radius 1 is 1.31 bits per heavy atom. The van der Waals surface area contributed by atoms with E-state index in [0.717, 1.165) is 6.54 Å². The molecule has 0 aromatic rings. The van der Waals surface area contributed by atoms with E-state index in [1.807, 2.05) is 0 Å². The molecule has 0 aromatic carbocycles. The van der Waals surface area contributed by atoms with Gasteiger partial charge in [-0.3, -0.25) is 6.08 Å². The van der Waals surface area contributed by atoms with Gasteiger partial charge in [0.15, 0.2) is 0 Å². The summed E-state index contributed by atoms with van der Waals surface area (Å²) in [6.45, 7) is 10.5. The molecule has 0 saturated heterocycles. The standard InChI is InChI=1S/C8H15BN.2ClH.Zr/c1-8(2,3)10-7-5-6-9(10)4;;;/h5H,7H2,1-4H3;2*1H;/q-1;;;+3/p-2. The van der Waals surface area contributed by atoms with Gasteiger partial charge in [-0.15, -0.1) is 0 Å². The van der Waals surface area contributed by atoms with Gasteiger partial charge in [0.2, 0.25) is 0 Å². The molecule has 1 aliphatic heterocycles. The Morgan fingerprint density at radius 3 is 1.92 bits per heavy atom. The van der Waals surface area contributed by atoms with Crippen molar-refractivity contribution in [3.63, 3.8) is 0 Å². The van der Waals surface area contributed by atoms with Crippen LogP contribution in [0.2, 0.25) is 6.82 Å². The number of hydrogen-bond acceptors (Lipinski definition) is 1. The van der Waals surface area contributed by atoms with Crippen molar-refractivity contribution in [1.29, 1.82) is 0 Å². The van der Waals surface area contributed by atoms with Crippen LogP contribution in [0.3, 0.4) is 0 Å². The van der Waals surface area contributed by atoms with E-state index in [1.54, 1.807) is 0 Å². The second kappa shape index (κ2) is 7.51. The van der Waals surface area contributed by atoms with Gasteiger partial charge in [-0.2, -0.15) is 0 Å². The van der Waals surface area contributed by atoms with E-state index in [4.69, 9.17) is 0 Å². The Labute approximate surface area is 114 Å². The summed E-state index contributed by atoms with van der Waals surface area (Å²) >= 11 is 0. The minimum Gasteiger partial charge on any atom is -1.00 e. The molecule has 5 heteroatoms. The van der Waals surface area contributed by atoms with Gasteiger partial charge >= 0.3 is 26.2 Å². The maximum Gasteiger partial charge on any atom is 3.00 e. The average molecular weight is 298 g/mol. The Kier molecular flexibility index (Phi) is 11.4. The van der Waals surface area contributed by atoms with Crippen LogP contribution in [0.25, 0.3) is 0 Å². The predicted molar refractivity (Wildman–Crippen MR) is 45.9 cm³/mol. The van der Waals surface area contributed by atoms with Crippen LogP contribution < -0.4 is 24.8 Å². The molecule has 0 atom stereocenters. The third-order valence-electron chi connectivity index (χ3n) is 1.98. The SMILES string of the molecule is CB1[C-]=CCN1C(C)(C)C.[Cl-].[Cl-].[Zr+3]. The summed E-state index contributed by atoms with van der Waals surface area (Å²) in [4.78, 5) is 2.42. The molecular formula is C8H15BCl2NZr. The van der Waals surface area contributed by atoms with Gasteiger partial charge in [0.25, 0.3) is 0 Å². The third kappa shape index (κ3) is 5.62. The van der Waals surface area contributed by atoms with Crippen LogP contribution >= 0.6 is 0 Å². The molecule has 73 valence electrons. The van der Waals surface area contributed by atoms with Crippen molar-refractivity contribution in [2.45, 2.75) is 33.1 Å². The second-order valence-electron chi connectivity index (χ2n) is 3.87. The molecule has 0 saturated carbocycles. The maximum absolute atomic E-state index is 3.28. The van der Waals surface area contributed by atoms with Crippen molar-refractivity contribution in [2.24, 2.45) is 0 Å². The Bertz CT molecular complexity index is 159. The first-order valence-electron chi connectivity index (χ1n) is 3.86. The van der Waals surface area contributed by atoms with Gasteiger partial charge in [-0.25, -0.2) is 0 Å². The van der Waals surface area contributed by atoms with E-state index in [-0.39, 0.29) is 51.0 Å². The zero-order chi connectivity index (χ0) is 7.78. The van der Waals surface area contributed by atoms with Gasteiger partial charge in [0.05, 0.1) is 0 Å². The van der Waals surface area contributed by atoms with Gasteiger partial charge in [0, 0.05) is 6.85 Å². The van der Waals surface area contributed by atoms with Crippen LogP contribution in [-0.2, 0) is 26.2 Å². The van der Waals surface area contributed by atoms with Crippen LogP contribution in [0.5, 0.6) is 0 Å². The molecule has 1 radical (unpaired) electrons. The Morgan fingerprint density at radius 2 is 1.77 bits per heavy atom. The molecule has 0 N–H and O–H groups in total. The summed E-state index contributed by atoms with van der Waals surface area (Å²) in [5.74, 6) is 3.28. The summed E-state index contributed by atoms with van der Waals surface area (Å²) in [5, 5.41) is 0. The molecule has 0 aliphatic carbocycles. The normalized spacial score (nSPS) is 15.8. The van der Waals surface area contributed by atoms with Crippen molar-refractivity contribution in [1.82, 2.24) is 4.81 Å². The van der Waals surface area contributed by atoms with Gasteiger partial charge in [-0.05, 0) is 32.9 Å². The Balaban J connectivity index is -0.000000333. The van der Waals surface area contributed by atoms with Gasteiger partial charge < -0.3 is 35.6 Å². The molecule has 1 nitrogen and oxygen atoms in total. The summed E-state index contributed by atoms with van der Waals surface area (Å²) in [5.41, 5.74) is 0.291. The first-order chi connectivity index (χ1) is 4.52. The third-order valence-corrected chi connectivity index (χ3v) is 1.98. The molecule has 0 bridgehead atoms. The van der Waals surface area contributed by atoms with Crippen LogP contribution in [-0.4, -0.2) is 23.7 Å². The smallest absolute Gasteiger partial charge is 1.00 e. The van der Waals surface area contributed by atoms with E-state index in [0.29, 0.717) is 12.4 Å². The van der Waals surface area contributed by atoms with Crippen LogP contribution in [0.15, 0.2) is 6.08 Å². The number of nitrogens with zero attached hydrogens (tertiary/aromatic N) is 1. The summed E-state index contributed by atoms with van der Waals surface area (Å²) in [6, 6.07) is 0. The molecule has 1 aliphatic rings. The van der Waals surface area contributed by atoms with Crippen LogP contribution in [0.4, 0.5) is 0 Å². The van der Waals surface area contributed by atoms with Crippen molar-refractivity contribution >= 4 is 6.85 Å². The molecule has 0 aromatic heterocycles. The van der Waals surface area contributed by atoms with Crippen molar-refractivity contribution in [3.8, 4) is 0 Å². The molecule has 1 heterocycles. The van der Waals surface area contributed by atoms with Gasteiger partial charge in [0.1, 0.15) is 0 Å². The Hall–Kier alpha value is 1.23. The van der Waals surface area contributed by atoms with E-state index in [1.165, 1.54) is 0 Å². The fourth-order valence-corrected chi connectivity index (χ4v) is 1.42. The average Bonchev–Trinajstić information content (AvgIpc) is 2.11. The molecule has 0 spiro atoms. The van der Waals surface area contributed by atoms with Crippen molar-refractivity contribution < 1.29 is 51.0 Å². The van der Waals surface area contributed by atoms with Crippen molar-refractivity contribution in [3.05, 3.63) is 12.1 Å². The van der Waals surface area contributed by atoms with Crippen molar-refractivity contribution in [2.75, 3.05) is 6.54 Å². The first kappa shape index (κ1) is 19.7. The van der Waals surface area contributed by atoms with E-state index >= 15 is 0 Å². The fourth-order valence-electron chi connectivity index (χ4n) is 1.42. The minimum atomic E-state index is 0. The largest absolute Gasteiger partial charge is 3.00 e. The topological polar surface area (TPSA) is 3.24 Å². The molecule has 1 rings (SSSR count). The van der Waals surface area contributed by atoms with Gasteiger partial charge in [-0.1, -0.05) is 6.82 Å². The van der Waals surface area contributed by atoms with E-state index in [2.05, 4.69) is 44.5 Å². The quantitative estimate of drug-likeness (QED) is 0.323. The fraction of sp³-hybridized carbons (Fsp3) is 0.750. The van der Waals surface area contributed by atoms with E-state index in [9.17, 15) is 0 Å². The minimum absolute atomic E-state index is 0. The van der Waals surface area contributed by atoms with Crippen LogP contribution in [0, 0.1) is 5.98 Å². The zero-order valence-electron chi connectivity index (χ0n) is 8.56. The number of hydrogen-bond donors (Lipinski definition) is 0. The molecule has 0 unspecified atom stereocenters. The zero-order valence-corrected chi connectivity index (χ0v) is 12.5. The molecule has 0 amide bonds. The summed E-state index contributed by atoms with van der Waals surface area (Å²) < 4.78 is 0. The maximum atomic E-state index is 3.28. The monoisotopic (exact) mass is 296 g/mol.